The van der Waals surface area contributed by atoms with Gasteiger partial charge in [-0.1, -0.05) is 44.2 Å². The van der Waals surface area contributed by atoms with Crippen LogP contribution in [0.15, 0.2) is 53.4 Å². The zero-order chi connectivity index (χ0) is 16.2. The second-order valence-corrected chi connectivity index (χ2v) is 6.51. The fourth-order valence-electron chi connectivity index (χ4n) is 2.12. The van der Waals surface area contributed by atoms with Gasteiger partial charge in [0.2, 0.25) is 0 Å². The van der Waals surface area contributed by atoms with Crippen molar-refractivity contribution in [1.82, 2.24) is 0 Å². The number of benzene rings is 2. The van der Waals surface area contributed by atoms with Crippen molar-refractivity contribution < 1.29 is 12.6 Å². The molecule has 5 heteroatoms. The van der Waals surface area contributed by atoms with Crippen molar-refractivity contribution in [1.29, 1.82) is 5.26 Å². The molecule has 0 aliphatic rings. The van der Waals surface area contributed by atoms with Gasteiger partial charge in [-0.25, -0.2) is 0 Å². The van der Waals surface area contributed by atoms with Crippen molar-refractivity contribution >= 4 is 10.1 Å². The molecule has 0 unspecified atom stereocenters. The van der Waals surface area contributed by atoms with Gasteiger partial charge in [0.25, 0.3) is 0 Å². The smallest absolute Gasteiger partial charge is 0.340 e. The maximum absolute atomic E-state index is 12.5. The topological polar surface area (TPSA) is 67.2 Å². The largest absolute Gasteiger partial charge is 0.379 e. The van der Waals surface area contributed by atoms with Gasteiger partial charge in [-0.2, -0.15) is 13.7 Å². The Labute approximate surface area is 131 Å². The summed E-state index contributed by atoms with van der Waals surface area (Å²) in [6.45, 7) is 4.04. The standard InChI is InChI=1S/C17H17NO3S/c1-3-13(2)15-9-5-6-10-16(15)21-22(19,20)17-11-7-4-8-14(17)12-18/h4-11,13H,3H2,1-2H3/t13-/m0/s1. The van der Waals surface area contributed by atoms with Crippen LogP contribution in [0.1, 0.15) is 37.3 Å². The molecule has 0 spiro atoms. The third-order valence-electron chi connectivity index (χ3n) is 3.54. The number of hydrogen-bond acceptors (Lipinski definition) is 4. The van der Waals surface area contributed by atoms with Crippen molar-refractivity contribution in [3.8, 4) is 11.8 Å². The van der Waals surface area contributed by atoms with Gasteiger partial charge in [0.1, 0.15) is 16.7 Å². The first-order chi connectivity index (χ1) is 10.5. The van der Waals surface area contributed by atoms with E-state index < -0.39 is 10.1 Å². The molecule has 0 saturated heterocycles. The number of para-hydroxylation sites is 1. The monoisotopic (exact) mass is 315 g/mol. The minimum Gasteiger partial charge on any atom is -0.379 e. The van der Waals surface area contributed by atoms with E-state index in [0.717, 1.165) is 12.0 Å². The average Bonchev–Trinajstić information content (AvgIpc) is 2.54. The molecule has 0 fully saturated rings. The van der Waals surface area contributed by atoms with E-state index in [4.69, 9.17) is 9.44 Å². The van der Waals surface area contributed by atoms with Crippen molar-refractivity contribution in [3.63, 3.8) is 0 Å². The van der Waals surface area contributed by atoms with Crippen molar-refractivity contribution in [2.24, 2.45) is 0 Å². The predicted molar refractivity (Wildman–Crippen MR) is 84.1 cm³/mol. The van der Waals surface area contributed by atoms with E-state index >= 15 is 0 Å². The Morgan fingerprint density at radius 3 is 2.45 bits per heavy atom. The van der Waals surface area contributed by atoms with E-state index in [0.29, 0.717) is 5.75 Å². The molecule has 0 amide bonds. The molecular weight excluding hydrogens is 298 g/mol. The van der Waals surface area contributed by atoms with Gasteiger partial charge in [-0.05, 0) is 36.1 Å². The summed E-state index contributed by atoms with van der Waals surface area (Å²) in [5, 5.41) is 9.06. The summed E-state index contributed by atoms with van der Waals surface area (Å²) in [6, 6.07) is 15.0. The molecule has 0 aromatic heterocycles. The highest BCUT2D eigenvalue weighted by molar-refractivity contribution is 7.87. The lowest BCUT2D eigenvalue weighted by molar-refractivity contribution is 0.479. The van der Waals surface area contributed by atoms with Crippen LogP contribution in [0.5, 0.6) is 5.75 Å². The van der Waals surface area contributed by atoms with Gasteiger partial charge in [0, 0.05) is 0 Å². The summed E-state index contributed by atoms with van der Waals surface area (Å²) in [6.07, 6.45) is 0.870. The quantitative estimate of drug-likeness (QED) is 0.786. The van der Waals surface area contributed by atoms with Crippen LogP contribution in [0.2, 0.25) is 0 Å². The third-order valence-corrected chi connectivity index (χ3v) is 4.83. The molecule has 0 radical (unpaired) electrons. The zero-order valence-electron chi connectivity index (χ0n) is 12.5. The van der Waals surface area contributed by atoms with E-state index in [1.54, 1.807) is 24.3 Å². The minimum atomic E-state index is -4.04. The van der Waals surface area contributed by atoms with Gasteiger partial charge in [0.05, 0.1) is 5.56 Å². The lowest BCUT2D eigenvalue weighted by atomic mass is 9.98. The Bertz CT molecular complexity index is 807. The fraction of sp³-hybridized carbons (Fsp3) is 0.235. The van der Waals surface area contributed by atoms with Gasteiger partial charge in [-0.15, -0.1) is 0 Å². The summed E-state index contributed by atoms with van der Waals surface area (Å²) in [7, 11) is -4.04. The SMILES string of the molecule is CC[C@H](C)c1ccccc1OS(=O)(=O)c1ccccc1C#N. The van der Waals surface area contributed by atoms with Crippen LogP contribution < -0.4 is 4.18 Å². The van der Waals surface area contributed by atoms with Crippen molar-refractivity contribution in [2.45, 2.75) is 31.1 Å². The maximum Gasteiger partial charge on any atom is 0.340 e. The lowest BCUT2D eigenvalue weighted by Gasteiger charge is -2.15. The van der Waals surface area contributed by atoms with E-state index in [-0.39, 0.29) is 16.4 Å². The highest BCUT2D eigenvalue weighted by Gasteiger charge is 2.22. The summed E-state index contributed by atoms with van der Waals surface area (Å²) in [4.78, 5) is -0.114. The Kier molecular flexibility index (Phi) is 4.84. The number of nitriles is 1. The molecule has 2 rings (SSSR count). The first kappa shape index (κ1) is 16.1. The molecule has 4 nitrogen and oxygen atoms in total. The second kappa shape index (κ2) is 6.63. The number of rotatable bonds is 5. The molecule has 0 saturated carbocycles. The summed E-state index contributed by atoms with van der Waals surface area (Å²) in [5.41, 5.74) is 0.909. The summed E-state index contributed by atoms with van der Waals surface area (Å²) in [5.74, 6) is 0.488. The van der Waals surface area contributed by atoms with Crippen LogP contribution in [-0.4, -0.2) is 8.42 Å². The van der Waals surface area contributed by atoms with Crippen LogP contribution in [0.3, 0.4) is 0 Å². The Balaban J connectivity index is 2.45. The van der Waals surface area contributed by atoms with Gasteiger partial charge >= 0.3 is 10.1 Å². The van der Waals surface area contributed by atoms with Gasteiger partial charge in [-0.3, -0.25) is 0 Å². The normalized spacial score (nSPS) is 12.4. The van der Waals surface area contributed by atoms with Gasteiger partial charge in [0.15, 0.2) is 0 Å². The van der Waals surface area contributed by atoms with E-state index in [1.807, 2.05) is 32.0 Å². The van der Waals surface area contributed by atoms with Crippen LogP contribution in [-0.2, 0) is 10.1 Å². The van der Waals surface area contributed by atoms with Crippen LogP contribution in [0, 0.1) is 11.3 Å². The number of hydrogen-bond donors (Lipinski definition) is 0. The predicted octanol–water partition coefficient (Wildman–Crippen LogP) is 3.84. The zero-order valence-corrected chi connectivity index (χ0v) is 13.3. The third kappa shape index (κ3) is 3.29. The molecule has 0 N–H and O–H groups in total. The molecule has 0 bridgehead atoms. The highest BCUT2D eigenvalue weighted by atomic mass is 32.2. The molecule has 2 aromatic rings. The lowest BCUT2D eigenvalue weighted by Crippen LogP contribution is -2.13. The molecule has 0 heterocycles. The van der Waals surface area contributed by atoms with Crippen LogP contribution in [0.4, 0.5) is 0 Å². The molecule has 2 aromatic carbocycles. The Morgan fingerprint density at radius 1 is 1.14 bits per heavy atom. The Morgan fingerprint density at radius 2 is 1.77 bits per heavy atom. The summed E-state index contributed by atoms with van der Waals surface area (Å²) < 4.78 is 30.2. The molecule has 0 aliphatic heterocycles. The van der Waals surface area contributed by atoms with Crippen LogP contribution in [0.25, 0.3) is 0 Å². The first-order valence-electron chi connectivity index (χ1n) is 7.02. The fourth-order valence-corrected chi connectivity index (χ4v) is 3.23. The number of nitrogens with zero attached hydrogens (tertiary/aromatic N) is 1. The van der Waals surface area contributed by atoms with E-state index in [9.17, 15) is 8.42 Å². The first-order valence-corrected chi connectivity index (χ1v) is 8.43. The molecular formula is C17H17NO3S. The summed E-state index contributed by atoms with van der Waals surface area (Å²) >= 11 is 0. The van der Waals surface area contributed by atoms with Crippen LogP contribution >= 0.6 is 0 Å². The van der Waals surface area contributed by atoms with E-state index in [2.05, 4.69) is 0 Å². The maximum atomic E-state index is 12.5. The molecule has 1 atom stereocenters. The van der Waals surface area contributed by atoms with E-state index in [1.165, 1.54) is 12.1 Å². The second-order valence-electron chi connectivity index (χ2n) is 4.99. The van der Waals surface area contributed by atoms with Crippen molar-refractivity contribution in [2.75, 3.05) is 0 Å². The average molecular weight is 315 g/mol. The molecule has 114 valence electrons. The highest BCUT2D eigenvalue weighted by Crippen LogP contribution is 2.31. The molecule has 22 heavy (non-hydrogen) atoms. The van der Waals surface area contributed by atoms with Crippen molar-refractivity contribution in [3.05, 3.63) is 59.7 Å². The molecule has 0 aliphatic carbocycles. The minimum absolute atomic E-state index is 0.0727. The Hall–Kier alpha value is -2.32. The van der Waals surface area contributed by atoms with Gasteiger partial charge < -0.3 is 4.18 Å².